The van der Waals surface area contributed by atoms with Crippen molar-refractivity contribution in [1.29, 1.82) is 5.26 Å². The molecule has 1 heterocycles. The Morgan fingerprint density at radius 2 is 2.00 bits per heavy atom. The Labute approximate surface area is 148 Å². The molecule has 0 amide bonds. The summed E-state index contributed by atoms with van der Waals surface area (Å²) in [6.45, 7) is 7.59. The highest BCUT2D eigenvalue weighted by Crippen LogP contribution is 2.35. The van der Waals surface area contributed by atoms with E-state index in [2.05, 4.69) is 30.6 Å². The van der Waals surface area contributed by atoms with Crippen LogP contribution in [0.25, 0.3) is 12.2 Å². The van der Waals surface area contributed by atoms with Gasteiger partial charge < -0.3 is 4.57 Å². The van der Waals surface area contributed by atoms with E-state index in [1.807, 2.05) is 6.92 Å². The average molecular weight is 344 g/mol. The molecule has 2 nitrogen and oxygen atoms in total. The second-order valence-electron chi connectivity index (χ2n) is 7.63. The van der Waals surface area contributed by atoms with Crippen LogP contribution >= 0.6 is 0 Å². The molecule has 1 saturated carbocycles. The van der Waals surface area contributed by atoms with Crippen LogP contribution in [0.15, 0.2) is 11.6 Å². The zero-order chi connectivity index (χ0) is 18.4. The first kappa shape index (κ1) is 17.9. The standard InChI is InChI=1S/C21H26F2N2/c1-5-21(22,23)15-9-14(4)10-19-17(11-15)18(12-24)20(13(2)3)25(19)16-7-6-8-16/h9-11,13-14,16H,5-8H2,1-4H3. The molecule has 1 unspecified atom stereocenters. The molecule has 1 atom stereocenters. The lowest BCUT2D eigenvalue weighted by Gasteiger charge is -2.30. The first-order valence-electron chi connectivity index (χ1n) is 9.28. The van der Waals surface area contributed by atoms with Crippen molar-refractivity contribution in [3.8, 4) is 6.07 Å². The third kappa shape index (κ3) is 2.94. The van der Waals surface area contributed by atoms with Gasteiger partial charge in [0.05, 0.1) is 5.56 Å². The molecule has 4 heteroatoms. The lowest BCUT2D eigenvalue weighted by atomic mass is 9.91. The van der Waals surface area contributed by atoms with E-state index in [4.69, 9.17) is 0 Å². The maximum absolute atomic E-state index is 14.4. The number of fused-ring (bicyclic) bond motifs is 1. The van der Waals surface area contributed by atoms with Gasteiger partial charge in [-0.3, -0.25) is 0 Å². The van der Waals surface area contributed by atoms with Crippen molar-refractivity contribution in [3.63, 3.8) is 0 Å². The summed E-state index contributed by atoms with van der Waals surface area (Å²) in [5.41, 5.74) is 1.60. The Balaban J connectivity index is 2.37. The van der Waals surface area contributed by atoms with Gasteiger partial charge in [0.2, 0.25) is 0 Å². The summed E-state index contributed by atoms with van der Waals surface area (Å²) in [5, 5.41) is 11.4. The Bertz CT molecular complexity index is 861. The Morgan fingerprint density at radius 3 is 2.48 bits per heavy atom. The number of hydrogen-bond donors (Lipinski definition) is 0. The summed E-state index contributed by atoms with van der Waals surface area (Å²) >= 11 is 0. The van der Waals surface area contributed by atoms with Crippen LogP contribution in [0.1, 0.15) is 76.6 Å². The van der Waals surface area contributed by atoms with E-state index in [0.29, 0.717) is 16.8 Å². The zero-order valence-corrected chi connectivity index (χ0v) is 15.4. The van der Waals surface area contributed by atoms with Crippen LogP contribution in [0.2, 0.25) is 0 Å². The van der Waals surface area contributed by atoms with E-state index < -0.39 is 5.92 Å². The van der Waals surface area contributed by atoms with Gasteiger partial charge in [0.15, 0.2) is 0 Å². The van der Waals surface area contributed by atoms with Crippen molar-refractivity contribution in [2.24, 2.45) is 5.92 Å². The molecule has 1 aromatic heterocycles. The molecule has 0 bridgehead atoms. The van der Waals surface area contributed by atoms with Gasteiger partial charge in [0.25, 0.3) is 5.92 Å². The Morgan fingerprint density at radius 1 is 1.32 bits per heavy atom. The molecular weight excluding hydrogens is 318 g/mol. The largest absolute Gasteiger partial charge is 0.340 e. The number of alkyl halides is 2. The molecule has 3 rings (SSSR count). The van der Waals surface area contributed by atoms with Crippen molar-refractivity contribution in [2.45, 2.75) is 71.3 Å². The van der Waals surface area contributed by atoms with Crippen LogP contribution in [0.5, 0.6) is 0 Å². The van der Waals surface area contributed by atoms with Crippen LogP contribution in [0.3, 0.4) is 0 Å². The number of rotatable bonds is 4. The fourth-order valence-corrected chi connectivity index (χ4v) is 3.90. The lowest BCUT2D eigenvalue weighted by molar-refractivity contribution is 0.0430. The second kappa shape index (κ2) is 6.44. The van der Waals surface area contributed by atoms with Crippen molar-refractivity contribution in [1.82, 2.24) is 4.57 Å². The molecule has 0 saturated heterocycles. The van der Waals surface area contributed by atoms with Gasteiger partial charge in [-0.2, -0.15) is 5.26 Å². The van der Waals surface area contributed by atoms with Gasteiger partial charge in [-0.05, 0) is 37.2 Å². The normalized spacial score (nSPS) is 20.7. The second-order valence-corrected chi connectivity index (χ2v) is 7.63. The lowest BCUT2D eigenvalue weighted by Crippen LogP contribution is -2.35. The monoisotopic (exact) mass is 344 g/mol. The smallest absolute Gasteiger partial charge is 0.272 e. The molecule has 134 valence electrons. The molecule has 0 radical (unpaired) electrons. The number of nitriles is 1. The minimum atomic E-state index is -2.87. The van der Waals surface area contributed by atoms with Gasteiger partial charge in [-0.25, -0.2) is 8.78 Å². The first-order chi connectivity index (χ1) is 11.8. The molecule has 2 aliphatic rings. The maximum Gasteiger partial charge on any atom is 0.272 e. The predicted octanol–water partition coefficient (Wildman–Crippen LogP) is 4.39. The van der Waals surface area contributed by atoms with Crippen molar-refractivity contribution < 1.29 is 8.78 Å². The summed E-state index contributed by atoms with van der Waals surface area (Å²) in [5.74, 6) is -2.78. The zero-order valence-electron chi connectivity index (χ0n) is 15.4. The molecule has 0 spiro atoms. The van der Waals surface area contributed by atoms with Crippen LogP contribution < -0.4 is 10.6 Å². The summed E-state index contributed by atoms with van der Waals surface area (Å²) in [6, 6.07) is 2.70. The number of hydrogen-bond acceptors (Lipinski definition) is 1. The van der Waals surface area contributed by atoms with E-state index in [1.165, 1.54) is 13.3 Å². The van der Waals surface area contributed by atoms with Gasteiger partial charge >= 0.3 is 0 Å². The molecule has 0 aliphatic heterocycles. The Kier molecular flexibility index (Phi) is 4.62. The summed E-state index contributed by atoms with van der Waals surface area (Å²) in [7, 11) is 0. The molecule has 25 heavy (non-hydrogen) atoms. The van der Waals surface area contributed by atoms with Crippen LogP contribution in [-0.4, -0.2) is 10.5 Å². The first-order valence-corrected chi connectivity index (χ1v) is 9.28. The maximum atomic E-state index is 14.4. The third-order valence-electron chi connectivity index (χ3n) is 5.45. The van der Waals surface area contributed by atoms with E-state index in [0.717, 1.165) is 23.9 Å². The van der Waals surface area contributed by atoms with Gasteiger partial charge in [-0.15, -0.1) is 0 Å². The molecule has 2 aliphatic carbocycles. The summed E-state index contributed by atoms with van der Waals surface area (Å²) in [4.78, 5) is 0. The highest BCUT2D eigenvalue weighted by Gasteiger charge is 2.33. The van der Waals surface area contributed by atoms with E-state index in [-0.39, 0.29) is 23.8 Å². The summed E-state index contributed by atoms with van der Waals surface area (Å²) < 4.78 is 31.1. The van der Waals surface area contributed by atoms with Crippen LogP contribution in [0.4, 0.5) is 8.78 Å². The fourth-order valence-electron chi connectivity index (χ4n) is 3.90. The van der Waals surface area contributed by atoms with Crippen molar-refractivity contribution in [3.05, 3.63) is 33.5 Å². The average Bonchev–Trinajstić information content (AvgIpc) is 2.67. The number of halogens is 2. The van der Waals surface area contributed by atoms with Gasteiger partial charge in [-0.1, -0.05) is 39.8 Å². The highest BCUT2D eigenvalue weighted by molar-refractivity contribution is 5.59. The topological polar surface area (TPSA) is 28.7 Å². The number of allylic oxidation sites excluding steroid dienone is 2. The van der Waals surface area contributed by atoms with E-state index >= 15 is 0 Å². The van der Waals surface area contributed by atoms with Crippen LogP contribution in [-0.2, 0) is 0 Å². The van der Waals surface area contributed by atoms with Gasteiger partial charge in [0.1, 0.15) is 6.07 Å². The van der Waals surface area contributed by atoms with Crippen molar-refractivity contribution >= 4 is 12.2 Å². The third-order valence-corrected chi connectivity index (χ3v) is 5.45. The molecule has 0 aromatic carbocycles. The number of aromatic nitrogens is 1. The Hall–Kier alpha value is -1.89. The minimum Gasteiger partial charge on any atom is -0.340 e. The van der Waals surface area contributed by atoms with Crippen molar-refractivity contribution in [2.75, 3.05) is 0 Å². The quantitative estimate of drug-likeness (QED) is 0.796. The molecular formula is C21H26F2N2. The minimum absolute atomic E-state index is 0.0371. The summed E-state index contributed by atoms with van der Waals surface area (Å²) in [6.07, 6.45) is 8.41. The fraction of sp³-hybridized carbons (Fsp3) is 0.571. The highest BCUT2D eigenvalue weighted by atomic mass is 19.3. The molecule has 1 fully saturated rings. The van der Waals surface area contributed by atoms with E-state index in [1.54, 1.807) is 12.2 Å². The molecule has 0 N–H and O–H groups in total. The van der Waals surface area contributed by atoms with Crippen LogP contribution in [0, 0.1) is 17.2 Å². The van der Waals surface area contributed by atoms with E-state index in [9.17, 15) is 14.0 Å². The predicted molar refractivity (Wildman–Crippen MR) is 96.8 cm³/mol. The SMILES string of the molecule is CCC(F)(F)C1=CC(C)C=c2c(c(C#N)c(C(C)C)n2C2CCC2)=C1. The van der Waals surface area contributed by atoms with Gasteiger partial charge in [0, 0.05) is 34.3 Å². The number of nitrogens with zero attached hydrogens (tertiary/aromatic N) is 2. The molecule has 1 aromatic rings.